The lowest BCUT2D eigenvalue weighted by Gasteiger charge is -2.17. The van der Waals surface area contributed by atoms with E-state index in [0.29, 0.717) is 17.5 Å². The molecule has 80 heavy (non-hydrogen) atoms. The van der Waals surface area contributed by atoms with Crippen LogP contribution >= 0.6 is 11.3 Å². The average Bonchev–Trinajstić information content (AvgIpc) is 4.38. The second-order valence-corrected chi connectivity index (χ2v) is 21.7. The number of nitrogens with zero attached hydrogens (tertiary/aromatic N) is 6. The van der Waals surface area contributed by atoms with Crippen molar-refractivity contribution in [3.05, 3.63) is 267 Å². The zero-order chi connectivity index (χ0) is 52.4. The molecule has 12 aromatic carbocycles. The summed E-state index contributed by atoms with van der Waals surface area (Å²) in [5, 5.41) is 11.8. The molecule has 0 saturated heterocycles. The summed E-state index contributed by atoms with van der Waals surface area (Å²) in [5.41, 5.74) is 14.6. The lowest BCUT2D eigenvalue weighted by atomic mass is 9.94. The molecule has 7 heteroatoms. The first kappa shape index (κ1) is 44.6. The summed E-state index contributed by atoms with van der Waals surface area (Å²) < 4.78 is 9.65. The van der Waals surface area contributed by atoms with Gasteiger partial charge in [0, 0.05) is 86.2 Å². The van der Waals surface area contributed by atoms with E-state index in [1.807, 2.05) is 11.3 Å². The Kier molecular flexibility index (Phi) is 9.78. The van der Waals surface area contributed by atoms with Gasteiger partial charge in [-0.3, -0.25) is 0 Å². The molecule has 0 unspecified atom stereocenters. The molecule has 0 aliphatic rings. The number of hydrogen-bond acceptors (Lipinski definition) is 4. The quantitative estimate of drug-likeness (QED) is 0.160. The lowest BCUT2D eigenvalue weighted by Crippen LogP contribution is -2.04. The number of thiophene rings is 1. The Morgan fingerprint density at radius 3 is 1.31 bits per heavy atom. The molecule has 372 valence electrons. The van der Waals surface area contributed by atoms with E-state index in [-0.39, 0.29) is 0 Å². The molecule has 17 rings (SSSR count). The SMILES string of the molecule is c1ccc(-n2c3ccccc3c3cccc(-c4nc(-c5ccc(-n6c7ccccc7c7cc8ccccc8cc76)cc5-c5cccc6sc7ccccc7c56)nc(-c5cccc6c7ccccc7n(-c7ccccc7)c56)n4)c32)cc1. The first-order valence-corrected chi connectivity index (χ1v) is 27.9. The van der Waals surface area contributed by atoms with Crippen LogP contribution in [-0.2, 0) is 0 Å². The zero-order valence-corrected chi connectivity index (χ0v) is 43.8. The van der Waals surface area contributed by atoms with E-state index in [1.165, 1.54) is 41.7 Å². The van der Waals surface area contributed by atoms with Crippen molar-refractivity contribution in [3.8, 4) is 62.4 Å². The third-order valence-corrected chi connectivity index (χ3v) is 17.4. The largest absolute Gasteiger partial charge is 0.309 e. The maximum Gasteiger partial charge on any atom is 0.166 e. The van der Waals surface area contributed by atoms with Gasteiger partial charge in [-0.25, -0.2) is 15.0 Å². The van der Waals surface area contributed by atoms with E-state index in [1.54, 1.807) is 0 Å². The molecule has 5 heterocycles. The summed E-state index contributed by atoms with van der Waals surface area (Å²) in [7, 11) is 0. The molecule has 5 aromatic heterocycles. The minimum Gasteiger partial charge on any atom is -0.309 e. The van der Waals surface area contributed by atoms with Crippen molar-refractivity contribution >= 4 is 108 Å². The van der Waals surface area contributed by atoms with Crippen LogP contribution in [0.5, 0.6) is 0 Å². The highest BCUT2D eigenvalue weighted by Crippen LogP contribution is 2.46. The Hall–Kier alpha value is -10.5. The Labute approximate surface area is 463 Å². The van der Waals surface area contributed by atoms with Gasteiger partial charge in [0.1, 0.15) is 0 Å². The molecule has 0 bridgehead atoms. The minimum absolute atomic E-state index is 0.579. The van der Waals surface area contributed by atoms with Gasteiger partial charge in [-0.1, -0.05) is 170 Å². The molecule has 0 spiro atoms. The fraction of sp³-hybridized carbons (Fsp3) is 0. The first-order valence-electron chi connectivity index (χ1n) is 27.1. The van der Waals surface area contributed by atoms with Gasteiger partial charge in [-0.2, -0.15) is 0 Å². The van der Waals surface area contributed by atoms with Crippen LogP contribution in [0.15, 0.2) is 267 Å². The zero-order valence-electron chi connectivity index (χ0n) is 43.0. The van der Waals surface area contributed by atoms with E-state index in [9.17, 15) is 0 Å². The van der Waals surface area contributed by atoms with Crippen molar-refractivity contribution in [1.82, 2.24) is 28.7 Å². The molecular weight excluding hydrogens is 993 g/mol. The molecule has 0 atom stereocenters. The van der Waals surface area contributed by atoms with Gasteiger partial charge >= 0.3 is 0 Å². The molecule has 0 radical (unpaired) electrons. The van der Waals surface area contributed by atoms with Crippen LogP contribution in [0, 0.1) is 0 Å². The summed E-state index contributed by atoms with van der Waals surface area (Å²) in [5.74, 6) is 1.74. The second kappa shape index (κ2) is 17.5. The Morgan fingerprint density at radius 2 is 0.700 bits per heavy atom. The predicted octanol–water partition coefficient (Wildman–Crippen LogP) is 19.4. The number of para-hydroxylation sites is 7. The first-order chi connectivity index (χ1) is 39.7. The van der Waals surface area contributed by atoms with Crippen molar-refractivity contribution in [2.24, 2.45) is 0 Å². The molecular formula is C73H44N6S. The van der Waals surface area contributed by atoms with Crippen molar-refractivity contribution < 1.29 is 0 Å². The highest BCUT2D eigenvalue weighted by atomic mass is 32.1. The summed E-state index contributed by atoms with van der Waals surface area (Å²) in [6, 6.07) is 96.3. The van der Waals surface area contributed by atoms with E-state index in [0.717, 1.165) is 99.5 Å². The summed E-state index contributed by atoms with van der Waals surface area (Å²) in [4.78, 5) is 17.2. The van der Waals surface area contributed by atoms with Crippen molar-refractivity contribution in [2.75, 3.05) is 0 Å². The molecule has 6 nitrogen and oxygen atoms in total. The Bertz CT molecular complexity index is 5200. The van der Waals surface area contributed by atoms with Crippen LogP contribution < -0.4 is 0 Å². The Morgan fingerprint density at radius 1 is 0.250 bits per heavy atom. The van der Waals surface area contributed by atoms with Crippen LogP contribution in [0.2, 0.25) is 0 Å². The normalized spacial score (nSPS) is 12.0. The van der Waals surface area contributed by atoms with E-state index in [4.69, 9.17) is 15.0 Å². The number of aromatic nitrogens is 6. The lowest BCUT2D eigenvalue weighted by molar-refractivity contribution is 1.07. The fourth-order valence-corrected chi connectivity index (χ4v) is 14.0. The number of rotatable bonds is 7. The van der Waals surface area contributed by atoms with Crippen LogP contribution in [0.1, 0.15) is 0 Å². The molecule has 0 N–H and O–H groups in total. The van der Waals surface area contributed by atoms with Crippen molar-refractivity contribution in [3.63, 3.8) is 0 Å². The molecule has 0 aliphatic carbocycles. The average molecular weight is 1040 g/mol. The second-order valence-electron chi connectivity index (χ2n) is 20.7. The molecule has 17 aromatic rings. The highest BCUT2D eigenvalue weighted by molar-refractivity contribution is 7.26. The Balaban J connectivity index is 1.00. The topological polar surface area (TPSA) is 53.5 Å². The molecule has 0 aliphatic heterocycles. The van der Waals surface area contributed by atoms with E-state index in [2.05, 4.69) is 281 Å². The maximum absolute atomic E-state index is 5.75. The van der Waals surface area contributed by atoms with Gasteiger partial charge in [0.15, 0.2) is 17.5 Å². The maximum atomic E-state index is 5.75. The number of fused-ring (bicyclic) bond motifs is 13. The van der Waals surface area contributed by atoms with Crippen LogP contribution in [0.3, 0.4) is 0 Å². The van der Waals surface area contributed by atoms with Crippen molar-refractivity contribution in [2.45, 2.75) is 0 Å². The van der Waals surface area contributed by atoms with Gasteiger partial charge in [0.2, 0.25) is 0 Å². The standard InChI is InChI=1S/C73H44N6S/c1-3-22-47(23-4-1)78-63-36-14-9-26-50(63)54-31-17-33-58(69(54)78)72-74-71(75-73(76-72)59-34-18-32-55-51-27-10-15-37-64(51)79(70(55)59)48-24-5-2-6-25-48)56-41-40-49(44-60(56)53-30-19-39-67-68(53)57-29-12-16-38-66(57)80-67)77-62-35-13-11-28-52(62)61-42-45-20-7-8-21-46(45)43-65(61)77/h1-44H. The summed E-state index contributed by atoms with van der Waals surface area (Å²) in [6.45, 7) is 0. The number of hydrogen-bond donors (Lipinski definition) is 0. The molecule has 0 fully saturated rings. The van der Waals surface area contributed by atoms with Crippen LogP contribution in [0.4, 0.5) is 0 Å². The predicted molar refractivity (Wildman–Crippen MR) is 335 cm³/mol. The minimum atomic E-state index is 0.579. The molecule has 0 amide bonds. The van der Waals surface area contributed by atoms with E-state index >= 15 is 0 Å². The van der Waals surface area contributed by atoms with Gasteiger partial charge in [0.25, 0.3) is 0 Å². The smallest absolute Gasteiger partial charge is 0.166 e. The van der Waals surface area contributed by atoms with Gasteiger partial charge < -0.3 is 13.7 Å². The van der Waals surface area contributed by atoms with Crippen molar-refractivity contribution in [1.29, 1.82) is 0 Å². The third kappa shape index (κ3) is 6.68. The fourth-order valence-electron chi connectivity index (χ4n) is 12.8. The van der Waals surface area contributed by atoms with Crippen LogP contribution in [0.25, 0.3) is 159 Å². The summed E-state index contributed by atoms with van der Waals surface area (Å²) >= 11 is 1.83. The third-order valence-electron chi connectivity index (χ3n) is 16.3. The highest BCUT2D eigenvalue weighted by Gasteiger charge is 2.26. The summed E-state index contributed by atoms with van der Waals surface area (Å²) in [6.07, 6.45) is 0. The van der Waals surface area contributed by atoms with E-state index < -0.39 is 0 Å². The van der Waals surface area contributed by atoms with Gasteiger partial charge in [0.05, 0.1) is 33.1 Å². The monoisotopic (exact) mass is 1040 g/mol. The van der Waals surface area contributed by atoms with Gasteiger partial charge in [-0.05, 0) is 119 Å². The van der Waals surface area contributed by atoms with Gasteiger partial charge in [-0.15, -0.1) is 11.3 Å². The number of benzene rings is 12. The van der Waals surface area contributed by atoms with Crippen LogP contribution in [-0.4, -0.2) is 28.7 Å². The molecule has 0 saturated carbocycles.